The highest BCUT2D eigenvalue weighted by Gasteiger charge is 2.17. The van der Waals surface area contributed by atoms with E-state index in [1.807, 2.05) is 0 Å². The van der Waals surface area contributed by atoms with Gasteiger partial charge in [0.25, 0.3) is 0 Å². The van der Waals surface area contributed by atoms with E-state index in [-0.39, 0.29) is 6.04 Å². The van der Waals surface area contributed by atoms with Crippen LogP contribution in [0.5, 0.6) is 0 Å². The molecule has 110 valence electrons. The number of hydrogen-bond donors (Lipinski definition) is 1. The minimum atomic E-state index is 0.109. The summed E-state index contributed by atoms with van der Waals surface area (Å²) in [5, 5.41) is 3.32. The molecule has 2 heteroatoms. The molecule has 0 aliphatic carbocycles. The summed E-state index contributed by atoms with van der Waals surface area (Å²) in [6.45, 7) is 1.01. The van der Waals surface area contributed by atoms with Gasteiger partial charge in [0.05, 0.1) is 6.04 Å². The van der Waals surface area contributed by atoms with Crippen LogP contribution in [0.15, 0.2) is 30.3 Å². The topological polar surface area (TPSA) is 29.1 Å². The van der Waals surface area contributed by atoms with Crippen LogP contribution >= 0.6 is 0 Å². The van der Waals surface area contributed by atoms with Gasteiger partial charge in [0.2, 0.25) is 0 Å². The van der Waals surface area contributed by atoms with E-state index in [1.54, 1.807) is 0 Å². The molecule has 1 aromatic carbocycles. The highest BCUT2D eigenvalue weighted by atomic mass is 16.1. The van der Waals surface area contributed by atoms with Crippen LogP contribution < -0.4 is 5.32 Å². The van der Waals surface area contributed by atoms with Crippen molar-refractivity contribution < 1.29 is 4.79 Å². The first kappa shape index (κ1) is 15.2. The van der Waals surface area contributed by atoms with Crippen molar-refractivity contribution in [3.8, 4) is 0 Å². The lowest BCUT2D eigenvalue weighted by Crippen LogP contribution is -2.29. The third-order valence-electron chi connectivity index (χ3n) is 4.43. The number of hydrogen-bond acceptors (Lipinski definition) is 2. The molecule has 1 N–H and O–H groups in total. The summed E-state index contributed by atoms with van der Waals surface area (Å²) in [6.07, 6.45) is 11.1. The third kappa shape index (κ3) is 5.46. The van der Waals surface area contributed by atoms with Crippen LogP contribution in [0.25, 0.3) is 0 Å². The third-order valence-corrected chi connectivity index (χ3v) is 4.43. The fourth-order valence-electron chi connectivity index (χ4n) is 3.12. The van der Waals surface area contributed by atoms with Gasteiger partial charge in [-0.05, 0) is 50.1 Å². The molecule has 1 aliphatic heterocycles. The standard InChI is InChI=1S/C18H27NO/c20-15-18-12-11-17(13-14-19-18)10-6-2-5-9-16-7-3-1-4-8-16/h1,3-4,7-8,15,17-19H,2,5-6,9-14H2. The van der Waals surface area contributed by atoms with Gasteiger partial charge < -0.3 is 10.1 Å². The summed E-state index contributed by atoms with van der Waals surface area (Å²) in [4.78, 5) is 10.8. The van der Waals surface area contributed by atoms with Gasteiger partial charge in [0.1, 0.15) is 6.29 Å². The Hall–Kier alpha value is -1.15. The predicted molar refractivity (Wildman–Crippen MR) is 83.8 cm³/mol. The Kier molecular flexibility index (Phi) is 6.79. The quantitative estimate of drug-likeness (QED) is 0.605. The van der Waals surface area contributed by atoms with E-state index in [4.69, 9.17) is 0 Å². The van der Waals surface area contributed by atoms with Crippen molar-refractivity contribution >= 4 is 6.29 Å². The number of rotatable bonds is 7. The number of benzene rings is 1. The van der Waals surface area contributed by atoms with Crippen LogP contribution in [0.4, 0.5) is 0 Å². The van der Waals surface area contributed by atoms with Crippen LogP contribution in [0, 0.1) is 5.92 Å². The van der Waals surface area contributed by atoms with Gasteiger partial charge in [-0.2, -0.15) is 0 Å². The number of aryl methyl sites for hydroxylation is 1. The minimum absolute atomic E-state index is 0.109. The Balaban J connectivity index is 1.56. The van der Waals surface area contributed by atoms with Crippen molar-refractivity contribution in [1.82, 2.24) is 5.32 Å². The number of aldehydes is 1. The van der Waals surface area contributed by atoms with E-state index in [2.05, 4.69) is 35.6 Å². The van der Waals surface area contributed by atoms with Crippen LogP contribution in [-0.4, -0.2) is 18.9 Å². The van der Waals surface area contributed by atoms with Crippen molar-refractivity contribution in [3.05, 3.63) is 35.9 Å². The molecule has 1 heterocycles. The van der Waals surface area contributed by atoms with Crippen molar-refractivity contribution in [2.45, 2.75) is 57.4 Å². The van der Waals surface area contributed by atoms with Gasteiger partial charge in [0, 0.05) is 0 Å². The van der Waals surface area contributed by atoms with E-state index < -0.39 is 0 Å². The second kappa shape index (κ2) is 8.91. The smallest absolute Gasteiger partial charge is 0.136 e. The molecule has 0 radical (unpaired) electrons. The Morgan fingerprint density at radius 2 is 1.90 bits per heavy atom. The molecule has 0 spiro atoms. The van der Waals surface area contributed by atoms with Crippen LogP contribution in [0.3, 0.4) is 0 Å². The number of nitrogens with one attached hydrogen (secondary N) is 1. The second-order valence-corrected chi connectivity index (χ2v) is 6.01. The molecule has 1 saturated heterocycles. The average Bonchev–Trinajstić information content (AvgIpc) is 2.73. The summed E-state index contributed by atoms with van der Waals surface area (Å²) >= 11 is 0. The van der Waals surface area contributed by atoms with Gasteiger partial charge in [0.15, 0.2) is 0 Å². The summed E-state index contributed by atoms with van der Waals surface area (Å²) in [7, 11) is 0. The average molecular weight is 273 g/mol. The summed E-state index contributed by atoms with van der Waals surface area (Å²) in [5.74, 6) is 0.823. The van der Waals surface area contributed by atoms with Crippen molar-refractivity contribution in [3.63, 3.8) is 0 Å². The van der Waals surface area contributed by atoms with Crippen molar-refractivity contribution in [2.24, 2.45) is 5.92 Å². The second-order valence-electron chi connectivity index (χ2n) is 6.01. The molecule has 2 unspecified atom stereocenters. The molecule has 2 atom stereocenters. The first-order chi connectivity index (χ1) is 9.88. The van der Waals surface area contributed by atoms with Crippen LogP contribution in [0.1, 0.15) is 50.5 Å². The molecule has 2 nitrogen and oxygen atoms in total. The largest absolute Gasteiger partial charge is 0.308 e. The molecule has 0 amide bonds. The molecule has 1 aliphatic rings. The van der Waals surface area contributed by atoms with E-state index in [0.717, 1.165) is 25.2 Å². The SMILES string of the molecule is O=CC1CCC(CCCCCc2ccccc2)CCN1. The van der Waals surface area contributed by atoms with Gasteiger partial charge in [-0.25, -0.2) is 0 Å². The molecule has 0 aromatic heterocycles. The van der Waals surface area contributed by atoms with Gasteiger partial charge >= 0.3 is 0 Å². The lowest BCUT2D eigenvalue weighted by Gasteiger charge is -2.13. The molecular formula is C18H27NO. The maximum Gasteiger partial charge on any atom is 0.136 e. The lowest BCUT2D eigenvalue weighted by molar-refractivity contribution is -0.109. The zero-order chi connectivity index (χ0) is 14.0. The van der Waals surface area contributed by atoms with Crippen molar-refractivity contribution in [1.29, 1.82) is 0 Å². The maximum atomic E-state index is 10.8. The van der Waals surface area contributed by atoms with Crippen molar-refractivity contribution in [2.75, 3.05) is 6.54 Å². The molecule has 1 aromatic rings. The first-order valence-electron chi connectivity index (χ1n) is 8.11. The number of carbonyl (C=O) groups excluding carboxylic acids is 1. The Morgan fingerprint density at radius 1 is 1.05 bits per heavy atom. The zero-order valence-electron chi connectivity index (χ0n) is 12.4. The summed E-state index contributed by atoms with van der Waals surface area (Å²) < 4.78 is 0. The zero-order valence-corrected chi connectivity index (χ0v) is 12.4. The van der Waals surface area contributed by atoms with Crippen LogP contribution in [0.2, 0.25) is 0 Å². The predicted octanol–water partition coefficient (Wildman–Crippen LogP) is 3.75. The van der Waals surface area contributed by atoms with E-state index in [9.17, 15) is 4.79 Å². The Morgan fingerprint density at radius 3 is 2.70 bits per heavy atom. The Labute approximate surface area is 123 Å². The number of carbonyl (C=O) groups is 1. The lowest BCUT2D eigenvalue weighted by atomic mass is 9.93. The monoisotopic (exact) mass is 273 g/mol. The maximum absolute atomic E-state index is 10.8. The van der Waals surface area contributed by atoms with Gasteiger partial charge in [-0.3, -0.25) is 0 Å². The molecule has 2 rings (SSSR count). The molecule has 20 heavy (non-hydrogen) atoms. The van der Waals surface area contributed by atoms with E-state index in [0.29, 0.717) is 0 Å². The number of unbranched alkanes of at least 4 members (excludes halogenated alkanes) is 2. The summed E-state index contributed by atoms with van der Waals surface area (Å²) in [5.41, 5.74) is 1.46. The summed E-state index contributed by atoms with van der Waals surface area (Å²) in [6, 6.07) is 10.9. The molecular weight excluding hydrogens is 246 g/mol. The normalized spacial score (nSPS) is 23.2. The fraction of sp³-hybridized carbons (Fsp3) is 0.611. The van der Waals surface area contributed by atoms with E-state index >= 15 is 0 Å². The molecule has 0 bridgehead atoms. The minimum Gasteiger partial charge on any atom is -0.308 e. The molecule has 0 saturated carbocycles. The fourth-order valence-corrected chi connectivity index (χ4v) is 3.12. The van der Waals surface area contributed by atoms with E-state index in [1.165, 1.54) is 50.5 Å². The van der Waals surface area contributed by atoms with Crippen LogP contribution in [-0.2, 0) is 11.2 Å². The molecule has 1 fully saturated rings. The highest BCUT2D eigenvalue weighted by Crippen LogP contribution is 2.22. The first-order valence-corrected chi connectivity index (χ1v) is 8.11. The van der Waals surface area contributed by atoms with Gasteiger partial charge in [-0.1, -0.05) is 49.6 Å². The van der Waals surface area contributed by atoms with Gasteiger partial charge in [-0.15, -0.1) is 0 Å². The Bertz CT molecular complexity index is 376. The highest BCUT2D eigenvalue weighted by molar-refractivity contribution is 5.57.